The Kier molecular flexibility index (Phi) is 3.66. The van der Waals surface area contributed by atoms with E-state index in [1.165, 1.54) is 36.8 Å². The number of likely N-dealkylation sites (N-methyl/N-ethyl adjacent to an activating group) is 1. The van der Waals surface area contributed by atoms with Crippen molar-refractivity contribution in [3.05, 3.63) is 35.4 Å². The van der Waals surface area contributed by atoms with Gasteiger partial charge in [-0.2, -0.15) is 0 Å². The molecule has 0 aromatic heterocycles. The summed E-state index contributed by atoms with van der Waals surface area (Å²) in [6, 6.07) is 9.94. The molecule has 0 saturated heterocycles. The Morgan fingerprint density at radius 2 is 1.68 bits per heavy atom. The van der Waals surface area contributed by atoms with Gasteiger partial charge in [-0.3, -0.25) is 0 Å². The molecule has 104 valence electrons. The second-order valence-corrected chi connectivity index (χ2v) is 6.98. The van der Waals surface area contributed by atoms with Crippen LogP contribution in [0.3, 0.4) is 0 Å². The van der Waals surface area contributed by atoms with Crippen LogP contribution in [-0.2, 0) is 6.42 Å². The Morgan fingerprint density at radius 3 is 2.21 bits per heavy atom. The lowest BCUT2D eigenvalue weighted by molar-refractivity contribution is 0.349. The summed E-state index contributed by atoms with van der Waals surface area (Å²) >= 11 is 0. The van der Waals surface area contributed by atoms with Crippen molar-refractivity contribution in [3.63, 3.8) is 0 Å². The van der Waals surface area contributed by atoms with E-state index < -0.39 is 0 Å². The molecule has 1 aromatic carbocycles. The minimum atomic E-state index is 0.635. The van der Waals surface area contributed by atoms with E-state index in [0.717, 1.165) is 17.8 Å². The van der Waals surface area contributed by atoms with E-state index in [2.05, 4.69) is 50.5 Å². The van der Waals surface area contributed by atoms with Crippen molar-refractivity contribution in [1.29, 1.82) is 0 Å². The van der Waals surface area contributed by atoms with Gasteiger partial charge in [0.05, 0.1) is 0 Å². The van der Waals surface area contributed by atoms with Gasteiger partial charge in [0.25, 0.3) is 0 Å². The molecule has 2 aliphatic carbocycles. The standard InChI is InChI=1S/C18H27N/c1-12(2)14-6-4-13(5-7-14)8-18(19-3)17-10-15-9-16(15)11-17/h4-7,12,15-19H,8-11H2,1-3H3. The molecule has 1 nitrogen and oxygen atoms in total. The van der Waals surface area contributed by atoms with E-state index in [4.69, 9.17) is 0 Å². The molecule has 0 radical (unpaired) electrons. The van der Waals surface area contributed by atoms with Gasteiger partial charge < -0.3 is 5.32 Å². The van der Waals surface area contributed by atoms with Gasteiger partial charge in [-0.15, -0.1) is 0 Å². The van der Waals surface area contributed by atoms with Crippen LogP contribution in [0.2, 0.25) is 0 Å². The first-order valence-electron chi connectivity index (χ1n) is 7.93. The molecule has 1 aromatic rings. The maximum absolute atomic E-state index is 3.57. The minimum Gasteiger partial charge on any atom is -0.316 e. The highest BCUT2D eigenvalue weighted by molar-refractivity contribution is 5.25. The van der Waals surface area contributed by atoms with Gasteiger partial charge in [0, 0.05) is 6.04 Å². The molecule has 0 heterocycles. The molecule has 0 amide bonds. The third-order valence-corrected chi connectivity index (χ3v) is 5.32. The molecule has 1 N–H and O–H groups in total. The van der Waals surface area contributed by atoms with Gasteiger partial charge in [-0.1, -0.05) is 38.1 Å². The zero-order valence-electron chi connectivity index (χ0n) is 12.5. The highest BCUT2D eigenvalue weighted by Crippen LogP contribution is 2.55. The first kappa shape index (κ1) is 13.2. The zero-order chi connectivity index (χ0) is 13.4. The summed E-state index contributed by atoms with van der Waals surface area (Å²) in [6.45, 7) is 4.52. The monoisotopic (exact) mass is 257 g/mol. The first-order valence-corrected chi connectivity index (χ1v) is 7.93. The van der Waals surface area contributed by atoms with Crippen LogP contribution >= 0.6 is 0 Å². The first-order chi connectivity index (χ1) is 9.17. The predicted molar refractivity (Wildman–Crippen MR) is 81.4 cm³/mol. The normalized spacial score (nSPS) is 30.4. The lowest BCUT2D eigenvalue weighted by atomic mass is 9.89. The van der Waals surface area contributed by atoms with Crippen molar-refractivity contribution in [2.75, 3.05) is 7.05 Å². The summed E-state index contributed by atoms with van der Waals surface area (Å²) in [5.41, 5.74) is 2.94. The predicted octanol–water partition coefficient (Wildman–Crippen LogP) is 3.99. The van der Waals surface area contributed by atoms with E-state index >= 15 is 0 Å². The lowest BCUT2D eigenvalue weighted by Crippen LogP contribution is -2.35. The summed E-state index contributed by atoms with van der Waals surface area (Å²) in [7, 11) is 2.14. The van der Waals surface area contributed by atoms with Gasteiger partial charge in [0.2, 0.25) is 0 Å². The van der Waals surface area contributed by atoms with Gasteiger partial charge in [-0.05, 0) is 67.5 Å². The summed E-state index contributed by atoms with van der Waals surface area (Å²) in [5, 5.41) is 3.57. The highest BCUT2D eigenvalue weighted by atomic mass is 14.9. The van der Waals surface area contributed by atoms with Gasteiger partial charge in [0.1, 0.15) is 0 Å². The van der Waals surface area contributed by atoms with E-state index in [9.17, 15) is 0 Å². The van der Waals surface area contributed by atoms with Gasteiger partial charge in [0.15, 0.2) is 0 Å². The molecule has 1 heteroatoms. The fraction of sp³-hybridized carbons (Fsp3) is 0.667. The SMILES string of the molecule is CNC(Cc1ccc(C(C)C)cc1)C1CC2CC2C1. The molecule has 0 spiro atoms. The Morgan fingerprint density at radius 1 is 1.05 bits per heavy atom. The van der Waals surface area contributed by atoms with Crippen LogP contribution in [0.15, 0.2) is 24.3 Å². The number of fused-ring (bicyclic) bond motifs is 1. The topological polar surface area (TPSA) is 12.0 Å². The van der Waals surface area contributed by atoms with Crippen LogP contribution in [0, 0.1) is 17.8 Å². The zero-order valence-corrected chi connectivity index (χ0v) is 12.5. The number of rotatable bonds is 5. The summed E-state index contributed by atoms with van der Waals surface area (Å²) in [4.78, 5) is 0. The van der Waals surface area contributed by atoms with Crippen molar-refractivity contribution >= 4 is 0 Å². The van der Waals surface area contributed by atoms with E-state index in [1.807, 2.05) is 0 Å². The molecule has 2 aliphatic rings. The molecule has 2 saturated carbocycles. The molecule has 0 aliphatic heterocycles. The van der Waals surface area contributed by atoms with Crippen LogP contribution in [0.5, 0.6) is 0 Å². The van der Waals surface area contributed by atoms with E-state index in [0.29, 0.717) is 12.0 Å². The van der Waals surface area contributed by atoms with Crippen LogP contribution in [0.1, 0.15) is 50.2 Å². The summed E-state index contributed by atoms with van der Waals surface area (Å²) in [5.74, 6) is 3.72. The third kappa shape index (κ3) is 2.86. The Balaban J connectivity index is 1.62. The van der Waals surface area contributed by atoms with Crippen molar-refractivity contribution in [1.82, 2.24) is 5.32 Å². The second kappa shape index (κ2) is 5.28. The Labute approximate surface area is 117 Å². The van der Waals surface area contributed by atoms with Crippen LogP contribution in [0.4, 0.5) is 0 Å². The molecule has 19 heavy (non-hydrogen) atoms. The second-order valence-electron chi connectivity index (χ2n) is 6.98. The summed E-state index contributed by atoms with van der Waals surface area (Å²) < 4.78 is 0. The van der Waals surface area contributed by atoms with Crippen molar-refractivity contribution in [2.24, 2.45) is 17.8 Å². The van der Waals surface area contributed by atoms with Gasteiger partial charge in [-0.25, -0.2) is 0 Å². The largest absolute Gasteiger partial charge is 0.316 e. The van der Waals surface area contributed by atoms with Crippen LogP contribution < -0.4 is 5.32 Å². The van der Waals surface area contributed by atoms with E-state index in [1.54, 1.807) is 0 Å². The van der Waals surface area contributed by atoms with Crippen molar-refractivity contribution in [3.8, 4) is 0 Å². The average molecular weight is 257 g/mol. The van der Waals surface area contributed by atoms with Crippen LogP contribution in [0.25, 0.3) is 0 Å². The molecule has 2 fully saturated rings. The maximum atomic E-state index is 3.57. The minimum absolute atomic E-state index is 0.635. The number of nitrogens with one attached hydrogen (secondary N) is 1. The van der Waals surface area contributed by atoms with Gasteiger partial charge >= 0.3 is 0 Å². The number of hydrogen-bond donors (Lipinski definition) is 1. The van der Waals surface area contributed by atoms with E-state index in [-0.39, 0.29) is 0 Å². The van der Waals surface area contributed by atoms with Crippen molar-refractivity contribution < 1.29 is 0 Å². The molecule has 3 rings (SSSR count). The molecular weight excluding hydrogens is 230 g/mol. The fourth-order valence-corrected chi connectivity index (χ4v) is 3.89. The Hall–Kier alpha value is -0.820. The molecule has 3 unspecified atom stereocenters. The number of hydrogen-bond acceptors (Lipinski definition) is 1. The smallest absolute Gasteiger partial charge is 0.0133 e. The number of benzene rings is 1. The summed E-state index contributed by atoms with van der Waals surface area (Å²) in [6.07, 6.45) is 5.66. The fourth-order valence-electron chi connectivity index (χ4n) is 3.89. The maximum Gasteiger partial charge on any atom is 0.0133 e. The quantitative estimate of drug-likeness (QED) is 0.841. The average Bonchev–Trinajstić information content (AvgIpc) is 3.03. The Bertz CT molecular complexity index is 410. The molecular formula is C18H27N. The third-order valence-electron chi connectivity index (χ3n) is 5.32. The molecule has 0 bridgehead atoms. The van der Waals surface area contributed by atoms with Crippen LogP contribution in [-0.4, -0.2) is 13.1 Å². The lowest BCUT2D eigenvalue weighted by Gasteiger charge is -2.24. The highest BCUT2D eigenvalue weighted by Gasteiger charge is 2.47. The molecule has 3 atom stereocenters. The van der Waals surface area contributed by atoms with Crippen molar-refractivity contribution in [2.45, 2.75) is 51.5 Å².